The Bertz CT molecular complexity index is 1600. The normalized spacial score (nSPS) is 14.0. The van der Waals surface area contributed by atoms with Crippen LogP contribution in [0.1, 0.15) is 310 Å². The summed E-state index contributed by atoms with van der Waals surface area (Å²) in [5.74, 6) is -0.513. The molecule has 0 spiro atoms. The molecular formula is C70H130N2O7P+. The minimum absolute atomic E-state index is 0.0369. The summed E-state index contributed by atoms with van der Waals surface area (Å²) in [6.45, 7) is 6.99. The number of carbonyl (C=O) groups excluding carboxylic acids is 2. The first-order valence-corrected chi connectivity index (χ1v) is 35.3. The molecule has 0 radical (unpaired) electrons. The number of likely N-dealkylation sites (N-methyl/N-ethyl adjacent to an activating group) is 1. The highest BCUT2D eigenvalue weighted by Crippen LogP contribution is 2.43. The van der Waals surface area contributed by atoms with Crippen molar-refractivity contribution < 1.29 is 37.3 Å². The van der Waals surface area contributed by atoms with E-state index in [1.807, 2.05) is 33.3 Å². The average molecular weight is 1140 g/mol. The van der Waals surface area contributed by atoms with Crippen molar-refractivity contribution in [1.82, 2.24) is 5.32 Å². The predicted molar refractivity (Wildman–Crippen MR) is 346 cm³/mol. The third-order valence-corrected chi connectivity index (χ3v) is 15.9. The van der Waals surface area contributed by atoms with Crippen LogP contribution in [0.25, 0.3) is 0 Å². The number of phosphoric acid groups is 1. The van der Waals surface area contributed by atoms with E-state index in [4.69, 9.17) is 13.8 Å². The van der Waals surface area contributed by atoms with Gasteiger partial charge in [0, 0.05) is 12.8 Å². The molecule has 0 aromatic carbocycles. The molecule has 0 fully saturated rings. The lowest BCUT2D eigenvalue weighted by molar-refractivity contribution is -0.870. The number of quaternary nitrogens is 1. The van der Waals surface area contributed by atoms with Gasteiger partial charge in [0.2, 0.25) is 5.91 Å². The number of nitrogens with one attached hydrogen (secondary N) is 1. The fourth-order valence-corrected chi connectivity index (χ4v) is 10.4. The minimum atomic E-state index is -4.45. The van der Waals surface area contributed by atoms with Crippen LogP contribution in [0, 0.1) is 0 Å². The standard InChI is InChI=1S/C70H129N2O7P/c1-7-10-13-16-19-22-25-27-29-31-32-33-34-35-36-37-38-39-40-41-43-45-48-51-54-57-60-63-70(74)79-68(61-58-55-52-49-46-24-21-18-15-12-9-3)67(66-78-80(75,76)77-65-64-72(4,5)6)71-69(73)62-59-56-53-50-47-44-42-30-28-26-23-20-17-14-11-8-2/h19,22,27,29-30,32-33,35-36,42,58,61,67-68H,7-18,20-21,23-26,28,31,34,37-41,43-57,59-60,62-66H2,1-6H3,(H-,71,73,75,76)/p+1/b22-19-,29-27-,33-32-,36-35-,42-30+,61-58-. The van der Waals surface area contributed by atoms with Gasteiger partial charge in [0.05, 0.1) is 33.8 Å². The number of rotatable bonds is 61. The van der Waals surface area contributed by atoms with Crippen molar-refractivity contribution in [3.63, 3.8) is 0 Å². The maximum Gasteiger partial charge on any atom is 0.472 e. The third kappa shape index (κ3) is 60.1. The van der Waals surface area contributed by atoms with Crippen molar-refractivity contribution in [1.29, 1.82) is 0 Å². The third-order valence-electron chi connectivity index (χ3n) is 14.9. The van der Waals surface area contributed by atoms with Crippen LogP contribution in [0.3, 0.4) is 0 Å². The summed E-state index contributed by atoms with van der Waals surface area (Å²) < 4.78 is 30.7. The summed E-state index contributed by atoms with van der Waals surface area (Å²) in [6, 6.07) is -0.855. The van der Waals surface area contributed by atoms with Crippen molar-refractivity contribution >= 4 is 19.7 Å². The zero-order valence-corrected chi connectivity index (χ0v) is 54.2. The number of carbonyl (C=O) groups is 2. The van der Waals surface area contributed by atoms with E-state index in [1.54, 1.807) is 0 Å². The zero-order chi connectivity index (χ0) is 58.6. The van der Waals surface area contributed by atoms with Gasteiger partial charge in [-0.25, -0.2) is 4.57 Å². The van der Waals surface area contributed by atoms with Gasteiger partial charge >= 0.3 is 13.8 Å². The molecule has 10 heteroatoms. The molecule has 0 heterocycles. The van der Waals surface area contributed by atoms with Crippen LogP contribution in [-0.4, -0.2) is 74.3 Å². The summed E-state index contributed by atoms with van der Waals surface area (Å²) in [4.78, 5) is 37.8. The number of hydrogen-bond acceptors (Lipinski definition) is 6. The summed E-state index contributed by atoms with van der Waals surface area (Å²) in [7, 11) is 1.49. The molecule has 0 aliphatic carbocycles. The Morgan fingerprint density at radius 1 is 0.438 bits per heavy atom. The first-order valence-electron chi connectivity index (χ1n) is 33.8. The second-order valence-electron chi connectivity index (χ2n) is 24.0. The highest BCUT2D eigenvalue weighted by atomic mass is 31.2. The second-order valence-corrected chi connectivity index (χ2v) is 25.4. The van der Waals surface area contributed by atoms with Gasteiger partial charge in [-0.2, -0.15) is 0 Å². The quantitative estimate of drug-likeness (QED) is 0.0205. The van der Waals surface area contributed by atoms with Crippen molar-refractivity contribution in [3.8, 4) is 0 Å². The van der Waals surface area contributed by atoms with Crippen LogP contribution in [0.4, 0.5) is 0 Å². The molecule has 0 aliphatic rings. The van der Waals surface area contributed by atoms with Gasteiger partial charge in [0.25, 0.3) is 0 Å². The van der Waals surface area contributed by atoms with Crippen molar-refractivity contribution in [2.45, 2.75) is 322 Å². The topological polar surface area (TPSA) is 111 Å². The van der Waals surface area contributed by atoms with Crippen molar-refractivity contribution in [2.75, 3.05) is 40.9 Å². The number of amides is 1. The molecule has 2 N–H and O–H groups in total. The van der Waals surface area contributed by atoms with Gasteiger partial charge in [-0.15, -0.1) is 0 Å². The zero-order valence-electron chi connectivity index (χ0n) is 53.3. The Labute approximate surface area is 495 Å². The van der Waals surface area contributed by atoms with Gasteiger partial charge in [0.15, 0.2) is 0 Å². The number of allylic oxidation sites excluding steroid dienone is 11. The van der Waals surface area contributed by atoms with Crippen molar-refractivity contribution in [3.05, 3.63) is 72.9 Å². The molecular weight excluding hydrogens is 1010 g/mol. The number of ether oxygens (including phenoxy) is 1. The average Bonchev–Trinajstić information content (AvgIpc) is 3.43. The SMILES string of the molecule is CCCCC/C=C\C/C=C\C/C=C\C/C=C\CCCCCCCCCCCCCC(=O)OC(/C=C\CCCCCCCCCCC)C(COP(=O)(O)OCC[N+](C)(C)C)NC(=O)CCCCCCC/C=C/CCCCCCCCC. The van der Waals surface area contributed by atoms with Gasteiger partial charge in [-0.1, -0.05) is 267 Å². The monoisotopic (exact) mass is 1140 g/mol. The molecule has 0 bridgehead atoms. The Kier molecular flexibility index (Phi) is 57.7. The van der Waals surface area contributed by atoms with Crippen LogP contribution < -0.4 is 5.32 Å². The summed E-state index contributed by atoms with van der Waals surface area (Å²) >= 11 is 0. The minimum Gasteiger partial charge on any atom is -0.456 e. The first-order chi connectivity index (χ1) is 38.9. The van der Waals surface area contributed by atoms with Crippen LogP contribution in [0.2, 0.25) is 0 Å². The van der Waals surface area contributed by atoms with E-state index in [1.165, 1.54) is 180 Å². The number of hydrogen-bond donors (Lipinski definition) is 2. The second kappa shape index (κ2) is 59.6. The fourth-order valence-electron chi connectivity index (χ4n) is 9.63. The molecule has 80 heavy (non-hydrogen) atoms. The summed E-state index contributed by atoms with van der Waals surface area (Å²) in [5, 5.41) is 3.06. The molecule has 9 nitrogen and oxygen atoms in total. The van der Waals surface area contributed by atoms with Crippen LogP contribution in [-0.2, 0) is 27.9 Å². The van der Waals surface area contributed by atoms with E-state index >= 15 is 0 Å². The Morgan fingerprint density at radius 2 is 0.762 bits per heavy atom. The first kappa shape index (κ1) is 77.5. The van der Waals surface area contributed by atoms with E-state index in [2.05, 4.69) is 86.8 Å². The number of unbranched alkanes of at least 4 members (excludes halogenated alkanes) is 35. The number of phosphoric ester groups is 1. The molecule has 0 aliphatic heterocycles. The molecule has 0 aromatic heterocycles. The molecule has 3 unspecified atom stereocenters. The van der Waals surface area contributed by atoms with Crippen LogP contribution >= 0.6 is 7.82 Å². The molecule has 0 saturated carbocycles. The summed E-state index contributed by atoms with van der Waals surface area (Å²) in [5.41, 5.74) is 0. The molecule has 1 amide bonds. The molecule has 0 saturated heterocycles. The Hall–Kier alpha value is -2.55. The van der Waals surface area contributed by atoms with Gasteiger partial charge in [-0.05, 0) is 102 Å². The fraction of sp³-hybridized carbons (Fsp3) is 0.800. The van der Waals surface area contributed by atoms with E-state index in [0.29, 0.717) is 17.4 Å². The maximum absolute atomic E-state index is 13.5. The molecule has 466 valence electrons. The molecule has 0 aromatic rings. The van der Waals surface area contributed by atoms with E-state index < -0.39 is 20.0 Å². The highest BCUT2D eigenvalue weighted by molar-refractivity contribution is 7.47. The lowest BCUT2D eigenvalue weighted by Crippen LogP contribution is -2.47. The summed E-state index contributed by atoms with van der Waals surface area (Å²) in [6.07, 6.45) is 77.6. The van der Waals surface area contributed by atoms with E-state index in [-0.39, 0.29) is 31.5 Å². The van der Waals surface area contributed by atoms with E-state index in [9.17, 15) is 19.0 Å². The molecule has 0 rings (SSSR count). The predicted octanol–water partition coefficient (Wildman–Crippen LogP) is 21.2. The Morgan fingerprint density at radius 3 is 1.18 bits per heavy atom. The largest absolute Gasteiger partial charge is 0.472 e. The smallest absolute Gasteiger partial charge is 0.456 e. The van der Waals surface area contributed by atoms with Crippen LogP contribution in [0.15, 0.2) is 72.9 Å². The molecule has 3 atom stereocenters. The highest BCUT2D eigenvalue weighted by Gasteiger charge is 2.30. The lowest BCUT2D eigenvalue weighted by Gasteiger charge is -2.27. The maximum atomic E-state index is 13.5. The van der Waals surface area contributed by atoms with Crippen LogP contribution in [0.5, 0.6) is 0 Å². The van der Waals surface area contributed by atoms with E-state index in [0.717, 1.165) is 96.3 Å². The lowest BCUT2D eigenvalue weighted by atomic mass is 10.0. The number of esters is 1. The number of nitrogens with zero attached hydrogens (tertiary/aromatic N) is 1. The van der Waals surface area contributed by atoms with Crippen molar-refractivity contribution in [2.24, 2.45) is 0 Å². The Balaban J connectivity index is 5.05. The van der Waals surface area contributed by atoms with Gasteiger partial charge in [0.1, 0.15) is 19.3 Å². The van der Waals surface area contributed by atoms with Gasteiger partial charge < -0.3 is 19.4 Å². The van der Waals surface area contributed by atoms with Gasteiger partial charge in [-0.3, -0.25) is 18.6 Å².